The number of hydrogen-bond donors (Lipinski definition) is 6. The molecule has 7 N–H and O–H groups in total. The summed E-state index contributed by atoms with van der Waals surface area (Å²) in [5, 5.41) is 42.8. The number of carboxylic acids is 1. The van der Waals surface area contributed by atoms with Gasteiger partial charge >= 0.3 is 17.9 Å². The SMILES string of the molecule is NC(=O)CNC(=O)NC(C(=O)N[C@H]1C(=O)N2C(C(=O)O)=C(CSc3ccc(O)[n+]([O-])n3)CSC12)c1cccs1. The number of fused-ring (bicyclic) bond motifs is 1. The van der Waals surface area contributed by atoms with Gasteiger partial charge in [-0.05, 0) is 27.9 Å². The third kappa shape index (κ3) is 6.18. The Balaban J connectivity index is 1.45. The number of β-lactam (4-membered cyclic amide) rings is 1. The molecule has 1 fully saturated rings. The Hall–Kier alpha value is -4.03. The first-order chi connectivity index (χ1) is 18.6. The number of hydrogen-bond acceptors (Lipinski definition) is 11. The Bertz CT molecular complexity index is 1350. The summed E-state index contributed by atoms with van der Waals surface area (Å²) in [5.41, 5.74) is 5.23. The normalized spacial score (nSPS) is 19.0. The lowest BCUT2D eigenvalue weighted by Gasteiger charge is -2.49. The average molecular weight is 596 g/mol. The van der Waals surface area contributed by atoms with Crippen molar-refractivity contribution >= 4 is 64.6 Å². The molecule has 0 aliphatic carbocycles. The van der Waals surface area contributed by atoms with Crippen LogP contribution < -0.4 is 26.5 Å². The second kappa shape index (κ2) is 11.8. The van der Waals surface area contributed by atoms with Crippen molar-refractivity contribution in [3.63, 3.8) is 0 Å². The van der Waals surface area contributed by atoms with E-state index in [4.69, 9.17) is 5.73 Å². The molecular weight excluding hydrogens is 574 g/mol. The van der Waals surface area contributed by atoms with Crippen LogP contribution >= 0.6 is 34.9 Å². The number of carbonyl (C=O) groups excluding carboxylic acids is 4. The van der Waals surface area contributed by atoms with Crippen LogP contribution in [-0.2, 0) is 19.2 Å². The van der Waals surface area contributed by atoms with Gasteiger partial charge in [-0.3, -0.25) is 19.3 Å². The van der Waals surface area contributed by atoms with Crippen molar-refractivity contribution < 1.29 is 39.0 Å². The fraction of sp³-hybridized carbons (Fsp3) is 0.286. The first kappa shape index (κ1) is 28.0. The number of aromatic hydroxyl groups is 1. The van der Waals surface area contributed by atoms with E-state index >= 15 is 0 Å². The molecule has 4 heterocycles. The van der Waals surface area contributed by atoms with Gasteiger partial charge in [-0.25, -0.2) is 9.59 Å². The Morgan fingerprint density at radius 2 is 2.08 bits per heavy atom. The standard InChI is InChI=1S/C21H21N7O8S3/c22-11(29)6-23-21(35)25-14(10-2-1-5-37-10)17(31)24-15-18(32)27-16(20(33)34)9(8-39-19(15)27)7-38-12-3-4-13(30)28(36)26-12/h1-5,14-15,19,30H,6-8H2,(H2,22,29)(H,24,31)(H,33,34)(H2,23,25,35)/t14?,15-,19?/m0/s1. The first-order valence-corrected chi connectivity index (χ1v) is 14.0. The van der Waals surface area contributed by atoms with E-state index in [2.05, 4.69) is 21.0 Å². The number of rotatable bonds is 10. The van der Waals surface area contributed by atoms with Crippen LogP contribution in [0.4, 0.5) is 4.79 Å². The molecule has 2 aliphatic heterocycles. The summed E-state index contributed by atoms with van der Waals surface area (Å²) in [6, 6.07) is 2.80. The highest BCUT2D eigenvalue weighted by Gasteiger charge is 2.54. The second-order valence-corrected chi connectivity index (χ2v) is 11.2. The van der Waals surface area contributed by atoms with E-state index in [1.165, 1.54) is 29.2 Å². The summed E-state index contributed by atoms with van der Waals surface area (Å²) in [6.07, 6.45) is 0. The summed E-state index contributed by atoms with van der Waals surface area (Å²) in [7, 11) is 0. The highest BCUT2D eigenvalue weighted by atomic mass is 32.2. The number of urea groups is 1. The molecule has 0 radical (unpaired) electrons. The van der Waals surface area contributed by atoms with Crippen LogP contribution in [0.1, 0.15) is 10.9 Å². The van der Waals surface area contributed by atoms with Gasteiger partial charge < -0.3 is 37.1 Å². The minimum atomic E-state index is -1.32. The fourth-order valence-corrected chi connectivity index (χ4v) is 6.83. The van der Waals surface area contributed by atoms with Crippen molar-refractivity contribution in [1.29, 1.82) is 0 Å². The van der Waals surface area contributed by atoms with Crippen LogP contribution in [0.25, 0.3) is 0 Å². The van der Waals surface area contributed by atoms with Crippen LogP contribution in [0.3, 0.4) is 0 Å². The summed E-state index contributed by atoms with van der Waals surface area (Å²) in [4.78, 5) is 62.9. The van der Waals surface area contributed by atoms with E-state index in [0.29, 0.717) is 10.5 Å². The van der Waals surface area contributed by atoms with Gasteiger partial charge in [-0.2, -0.15) is 0 Å². The molecule has 3 atom stereocenters. The molecule has 0 saturated carbocycles. The van der Waals surface area contributed by atoms with Gasteiger partial charge in [-0.1, -0.05) is 17.8 Å². The number of amides is 5. The van der Waals surface area contributed by atoms with Crippen LogP contribution in [0.2, 0.25) is 0 Å². The van der Waals surface area contributed by atoms with Gasteiger partial charge in [0, 0.05) is 21.5 Å². The Morgan fingerprint density at radius 3 is 2.72 bits per heavy atom. The molecule has 2 unspecified atom stereocenters. The molecule has 5 amide bonds. The van der Waals surface area contributed by atoms with Crippen LogP contribution in [-0.4, -0.2) is 79.4 Å². The lowest BCUT2D eigenvalue weighted by molar-refractivity contribution is -0.679. The highest BCUT2D eigenvalue weighted by molar-refractivity contribution is 8.01. The summed E-state index contributed by atoms with van der Waals surface area (Å²) >= 11 is 3.51. The van der Waals surface area contributed by atoms with Crippen molar-refractivity contribution in [2.24, 2.45) is 5.73 Å². The number of carboxylic acid groups (broad SMARTS) is 1. The summed E-state index contributed by atoms with van der Waals surface area (Å²) in [5.74, 6) is -3.66. The number of nitrogens with one attached hydrogen (secondary N) is 3. The number of nitrogens with zero attached hydrogens (tertiary/aromatic N) is 3. The molecule has 15 nitrogen and oxygen atoms in total. The lowest BCUT2D eigenvalue weighted by Crippen LogP contribution is -2.71. The van der Waals surface area contributed by atoms with Crippen molar-refractivity contribution in [2.75, 3.05) is 18.1 Å². The zero-order valence-corrected chi connectivity index (χ0v) is 22.2. The molecule has 39 heavy (non-hydrogen) atoms. The molecule has 18 heteroatoms. The monoisotopic (exact) mass is 595 g/mol. The molecular formula is C21H21N7O8S3. The average Bonchev–Trinajstić information content (AvgIpc) is 3.43. The van der Waals surface area contributed by atoms with E-state index in [1.807, 2.05) is 0 Å². The molecule has 0 spiro atoms. The van der Waals surface area contributed by atoms with Gasteiger partial charge in [0.15, 0.2) is 5.03 Å². The van der Waals surface area contributed by atoms with Gasteiger partial charge in [-0.15, -0.1) is 23.1 Å². The minimum absolute atomic E-state index is 0.0341. The maximum atomic E-state index is 13.1. The number of aromatic nitrogens is 2. The van der Waals surface area contributed by atoms with E-state index in [-0.39, 0.29) is 27.1 Å². The highest BCUT2D eigenvalue weighted by Crippen LogP contribution is 2.41. The third-order valence-electron chi connectivity index (χ3n) is 5.49. The first-order valence-electron chi connectivity index (χ1n) is 11.1. The van der Waals surface area contributed by atoms with Gasteiger partial charge in [0.1, 0.15) is 23.2 Å². The quantitative estimate of drug-likeness (QED) is 0.0830. The molecule has 0 aromatic carbocycles. The maximum absolute atomic E-state index is 13.1. The van der Waals surface area contributed by atoms with Crippen LogP contribution in [0.15, 0.2) is 45.9 Å². The molecule has 2 aliphatic rings. The number of thiophene rings is 1. The lowest BCUT2D eigenvalue weighted by atomic mass is 10.0. The van der Waals surface area contributed by atoms with Crippen LogP contribution in [0, 0.1) is 5.21 Å². The molecule has 1 saturated heterocycles. The minimum Gasteiger partial charge on any atom is -0.591 e. The Kier molecular flexibility index (Phi) is 8.46. The number of carbonyl (C=O) groups is 5. The number of primary amides is 1. The van der Waals surface area contributed by atoms with Crippen molar-refractivity contribution in [1.82, 2.24) is 25.9 Å². The zero-order chi connectivity index (χ0) is 28.3. The topological polar surface area (TPSA) is 231 Å². The third-order valence-corrected chi connectivity index (χ3v) is 8.77. The molecule has 2 aromatic rings. The molecule has 0 bridgehead atoms. The van der Waals surface area contributed by atoms with Gasteiger partial charge in [0.25, 0.3) is 5.91 Å². The van der Waals surface area contributed by atoms with E-state index < -0.39 is 59.6 Å². The largest absolute Gasteiger partial charge is 0.591 e. The van der Waals surface area contributed by atoms with Crippen molar-refractivity contribution in [2.45, 2.75) is 22.5 Å². The number of aliphatic carboxylic acids is 1. The molecule has 206 valence electrons. The summed E-state index contributed by atoms with van der Waals surface area (Å²) in [6.45, 7) is -0.440. The van der Waals surface area contributed by atoms with E-state index in [1.54, 1.807) is 17.5 Å². The van der Waals surface area contributed by atoms with Gasteiger partial charge in [0.2, 0.25) is 11.8 Å². The van der Waals surface area contributed by atoms with Gasteiger partial charge in [0.05, 0.1) is 12.6 Å². The Morgan fingerprint density at radius 1 is 1.31 bits per heavy atom. The number of thioether (sulfide) groups is 2. The predicted molar refractivity (Wildman–Crippen MR) is 138 cm³/mol. The van der Waals surface area contributed by atoms with E-state index in [9.17, 15) is 39.4 Å². The Labute approximate surface area is 232 Å². The molecule has 4 rings (SSSR count). The summed E-state index contributed by atoms with van der Waals surface area (Å²) < 4.78 is 0. The smallest absolute Gasteiger partial charge is 0.403 e. The maximum Gasteiger partial charge on any atom is 0.403 e. The zero-order valence-electron chi connectivity index (χ0n) is 19.7. The van der Waals surface area contributed by atoms with Crippen LogP contribution in [0.5, 0.6) is 5.88 Å². The predicted octanol–water partition coefficient (Wildman–Crippen LogP) is -1.16. The van der Waals surface area contributed by atoms with Crippen molar-refractivity contribution in [3.8, 4) is 5.88 Å². The molecule has 2 aromatic heterocycles. The second-order valence-electron chi connectivity index (χ2n) is 8.09. The fourth-order valence-electron chi connectivity index (χ4n) is 3.72. The van der Waals surface area contributed by atoms with Crippen molar-refractivity contribution in [3.05, 3.63) is 51.0 Å². The number of nitrogens with two attached hydrogens (primary N) is 1. The van der Waals surface area contributed by atoms with E-state index in [0.717, 1.165) is 22.7 Å².